The SMILES string of the molecule is c1cc(On2pn[pH][nH][pH]2)ccc1CC1CO1. The number of hydrogen-bond acceptors (Lipinski definition) is 3. The van der Waals surface area contributed by atoms with E-state index < -0.39 is 0 Å². The predicted molar refractivity (Wildman–Crippen MR) is 71.6 cm³/mol. The van der Waals surface area contributed by atoms with Crippen LogP contribution in [0, 0.1) is 0 Å². The van der Waals surface area contributed by atoms with Crippen molar-refractivity contribution >= 4 is 25.5 Å². The zero-order valence-electron chi connectivity index (χ0n) is 8.96. The normalized spacial score (nSPS) is 19.2. The highest BCUT2D eigenvalue weighted by Crippen LogP contribution is 2.21. The molecule has 0 amide bonds. The van der Waals surface area contributed by atoms with Crippen molar-refractivity contribution in [1.29, 1.82) is 0 Å². The number of epoxide rings is 1. The van der Waals surface area contributed by atoms with Gasteiger partial charge in [0.25, 0.3) is 0 Å². The second kappa shape index (κ2) is 5.29. The van der Waals surface area contributed by atoms with Gasteiger partial charge in [-0.15, -0.1) is 4.26 Å². The van der Waals surface area contributed by atoms with Gasteiger partial charge in [-0.2, -0.15) is 4.51 Å². The van der Waals surface area contributed by atoms with E-state index in [-0.39, 0.29) is 0 Å². The number of aromatic amines is 1. The molecule has 17 heavy (non-hydrogen) atoms. The van der Waals surface area contributed by atoms with Gasteiger partial charge in [0.15, 0.2) is 14.3 Å². The average molecular weight is 287 g/mol. The molecule has 5 nitrogen and oxygen atoms in total. The molecule has 1 saturated heterocycles. The zero-order valence-corrected chi connectivity index (χ0v) is 11.9. The Morgan fingerprint density at radius 3 is 3.00 bits per heavy atom. The number of benzene rings is 1. The van der Waals surface area contributed by atoms with E-state index in [1.54, 1.807) is 4.26 Å². The van der Waals surface area contributed by atoms with Crippen LogP contribution < -0.4 is 4.84 Å². The molecule has 0 spiro atoms. The Labute approximate surface area is 103 Å². The minimum absolute atomic E-state index is 0.438. The van der Waals surface area contributed by atoms with Crippen LogP contribution in [0.2, 0.25) is 0 Å². The quantitative estimate of drug-likeness (QED) is 0.880. The van der Waals surface area contributed by atoms with E-state index in [1.807, 2.05) is 12.1 Å². The maximum Gasteiger partial charge on any atom is 0.182 e. The van der Waals surface area contributed by atoms with Crippen LogP contribution in [0.5, 0.6) is 5.75 Å². The van der Waals surface area contributed by atoms with Crippen molar-refractivity contribution in [1.82, 2.24) is 13.3 Å². The maximum absolute atomic E-state index is 5.68. The molecule has 0 radical (unpaired) electrons. The first-order valence-corrected chi connectivity index (χ1v) is 7.94. The van der Waals surface area contributed by atoms with Gasteiger partial charge in [0, 0.05) is 14.9 Å². The average Bonchev–Trinajstić information content (AvgIpc) is 3.17. The number of ether oxygens (including phenoxy) is 1. The summed E-state index contributed by atoms with van der Waals surface area (Å²) in [6.07, 6.45) is 1.44. The van der Waals surface area contributed by atoms with Crippen molar-refractivity contribution in [2.75, 3.05) is 6.61 Å². The van der Waals surface area contributed by atoms with E-state index in [1.165, 1.54) is 5.56 Å². The number of aromatic nitrogens is 3. The molecular weight excluding hydrogens is 275 g/mol. The summed E-state index contributed by atoms with van der Waals surface area (Å²) in [5.41, 5.74) is 1.29. The first kappa shape index (κ1) is 11.4. The first-order valence-electron chi connectivity index (χ1n) is 5.25. The van der Waals surface area contributed by atoms with E-state index in [4.69, 9.17) is 9.57 Å². The molecule has 3 rings (SSSR count). The Hall–Kier alpha value is -0.720. The van der Waals surface area contributed by atoms with Crippen molar-refractivity contribution in [3.8, 4) is 5.75 Å². The highest BCUT2D eigenvalue weighted by Gasteiger charge is 2.22. The summed E-state index contributed by atoms with van der Waals surface area (Å²) < 4.78 is 14.4. The lowest BCUT2D eigenvalue weighted by molar-refractivity contribution is 0.276. The summed E-state index contributed by atoms with van der Waals surface area (Å²) >= 11 is 0. The molecule has 3 atom stereocenters. The second-order valence-corrected chi connectivity index (χ2v) is 7.28. The molecule has 1 N–H and O–H groups in total. The molecule has 8 heteroatoms. The minimum atomic E-state index is 0.438. The van der Waals surface area contributed by atoms with Gasteiger partial charge in [0.1, 0.15) is 0 Å². The van der Waals surface area contributed by atoms with E-state index in [2.05, 4.69) is 21.2 Å². The maximum atomic E-state index is 5.68. The third kappa shape index (κ3) is 3.37. The number of hydrogen-bond donors (Lipinski definition) is 1. The Morgan fingerprint density at radius 2 is 2.35 bits per heavy atom. The molecule has 1 aliphatic heterocycles. The van der Waals surface area contributed by atoms with E-state index in [9.17, 15) is 0 Å². The van der Waals surface area contributed by atoms with Gasteiger partial charge in [0.2, 0.25) is 0 Å². The molecule has 2 heterocycles. The smallest absolute Gasteiger partial charge is 0.182 e. The van der Waals surface area contributed by atoms with Gasteiger partial charge in [-0.3, -0.25) is 0 Å². The molecule has 0 saturated carbocycles. The molecule has 2 aromatic rings. The molecule has 90 valence electrons. The molecule has 3 unspecified atom stereocenters. The van der Waals surface area contributed by atoms with Crippen LogP contribution in [-0.4, -0.2) is 26.0 Å². The summed E-state index contributed by atoms with van der Waals surface area (Å²) in [5, 5.41) is 0. The van der Waals surface area contributed by atoms with E-state index in [0.29, 0.717) is 23.1 Å². The molecule has 1 aliphatic rings. The lowest BCUT2D eigenvalue weighted by atomic mass is 10.1. The fraction of sp³-hybridized carbons (Fsp3) is 0.333. The Morgan fingerprint density at radius 1 is 1.53 bits per heavy atom. The molecule has 0 bridgehead atoms. The van der Waals surface area contributed by atoms with Crippen LogP contribution in [0.1, 0.15) is 5.56 Å². The molecule has 0 aliphatic carbocycles. The predicted octanol–water partition coefficient (Wildman–Crippen LogP) is 2.76. The van der Waals surface area contributed by atoms with Crippen LogP contribution in [0.15, 0.2) is 24.3 Å². The van der Waals surface area contributed by atoms with E-state index >= 15 is 0 Å². The van der Waals surface area contributed by atoms with Gasteiger partial charge in [0.05, 0.1) is 21.2 Å². The van der Waals surface area contributed by atoms with Crippen molar-refractivity contribution in [2.45, 2.75) is 12.5 Å². The van der Waals surface area contributed by atoms with Crippen molar-refractivity contribution in [3.63, 3.8) is 0 Å². The van der Waals surface area contributed by atoms with Gasteiger partial charge < -0.3 is 14.1 Å². The molecular formula is C9H12N3O2P3. The van der Waals surface area contributed by atoms with Crippen LogP contribution in [0.25, 0.3) is 0 Å². The summed E-state index contributed by atoms with van der Waals surface area (Å²) in [6, 6.07) is 8.17. The first-order chi connectivity index (χ1) is 8.40. The number of nitrogens with zero attached hydrogens (tertiary/aromatic N) is 2. The van der Waals surface area contributed by atoms with Crippen molar-refractivity contribution in [3.05, 3.63) is 29.8 Å². The lowest BCUT2D eigenvalue weighted by Crippen LogP contribution is -1.98. The summed E-state index contributed by atoms with van der Waals surface area (Å²) in [7, 11) is 1.84. The summed E-state index contributed by atoms with van der Waals surface area (Å²) in [4.78, 5) is 5.68. The third-order valence-electron chi connectivity index (χ3n) is 2.36. The largest absolute Gasteiger partial charge is 0.373 e. The molecule has 1 aromatic carbocycles. The summed E-state index contributed by atoms with van der Waals surface area (Å²) in [6.45, 7) is 0.903. The number of rotatable bonds is 4. The zero-order chi connectivity index (χ0) is 11.5. The number of H-pyrrole nitrogens is 1. The van der Waals surface area contributed by atoms with Crippen molar-refractivity contribution in [2.24, 2.45) is 0 Å². The van der Waals surface area contributed by atoms with Gasteiger partial charge in [-0.05, 0) is 17.7 Å². The lowest BCUT2D eigenvalue weighted by Gasteiger charge is -2.06. The van der Waals surface area contributed by atoms with Gasteiger partial charge >= 0.3 is 0 Å². The summed E-state index contributed by atoms with van der Waals surface area (Å²) in [5.74, 6) is 0.854. The Bertz CT molecular complexity index is 493. The van der Waals surface area contributed by atoms with Crippen LogP contribution in [0.4, 0.5) is 0 Å². The van der Waals surface area contributed by atoms with Crippen LogP contribution in [-0.2, 0) is 11.2 Å². The highest BCUT2D eigenvalue weighted by molar-refractivity contribution is 7.44. The Balaban J connectivity index is 1.67. The fourth-order valence-electron chi connectivity index (χ4n) is 1.46. The number of nitrogens with one attached hydrogen (secondary N) is 1. The van der Waals surface area contributed by atoms with Crippen molar-refractivity contribution < 1.29 is 9.57 Å². The van der Waals surface area contributed by atoms with Gasteiger partial charge in [-0.1, -0.05) is 12.1 Å². The monoisotopic (exact) mass is 287 g/mol. The highest BCUT2D eigenvalue weighted by atomic mass is 31.1. The third-order valence-corrected chi connectivity index (χ3v) is 5.11. The topological polar surface area (TPSA) is 55.4 Å². The van der Waals surface area contributed by atoms with E-state index in [0.717, 1.165) is 27.3 Å². The van der Waals surface area contributed by atoms with Crippen LogP contribution in [0.3, 0.4) is 0 Å². The minimum Gasteiger partial charge on any atom is -0.373 e. The fourth-order valence-corrected chi connectivity index (χ4v) is 4.51. The Kier molecular flexibility index (Phi) is 3.54. The van der Waals surface area contributed by atoms with Crippen LogP contribution >= 0.6 is 25.5 Å². The van der Waals surface area contributed by atoms with Gasteiger partial charge in [-0.25, -0.2) is 0 Å². The molecule has 1 aromatic heterocycles. The molecule has 1 fully saturated rings. The second-order valence-electron chi connectivity index (χ2n) is 3.71. The standard InChI is InChI=1S/C9H12N3O2P3/c1-3-8(14-12-16-10-15-11-17-12)4-2-7(1)5-9-6-13-9/h1-4,9-10,15-16H,5-6H2.